The van der Waals surface area contributed by atoms with Crippen LogP contribution in [0, 0.1) is 5.92 Å². The first-order valence-corrected chi connectivity index (χ1v) is 13.4. The Morgan fingerprint density at radius 3 is 2.51 bits per heavy atom. The van der Waals surface area contributed by atoms with E-state index in [4.69, 9.17) is 4.74 Å². The number of rotatable bonds is 7. The number of benzene rings is 2. The molecule has 0 bridgehead atoms. The van der Waals surface area contributed by atoms with Crippen LogP contribution in [0.3, 0.4) is 0 Å². The summed E-state index contributed by atoms with van der Waals surface area (Å²) in [6.07, 6.45) is 2.35. The number of ether oxygens (including phenoxy) is 1. The van der Waals surface area contributed by atoms with E-state index in [0.717, 1.165) is 40.2 Å². The summed E-state index contributed by atoms with van der Waals surface area (Å²) in [7, 11) is 0. The quantitative estimate of drug-likeness (QED) is 0.393. The molecule has 0 saturated carbocycles. The van der Waals surface area contributed by atoms with Crippen molar-refractivity contribution in [2.45, 2.75) is 88.1 Å². The number of cyclic esters (lactones) is 1. The highest BCUT2D eigenvalue weighted by Gasteiger charge is 2.49. The molecule has 2 N–H and O–H groups in total. The molecule has 2 aromatic carbocycles. The van der Waals surface area contributed by atoms with E-state index in [9.17, 15) is 14.7 Å². The predicted octanol–water partition coefficient (Wildman–Crippen LogP) is 5.45. The van der Waals surface area contributed by atoms with Crippen molar-refractivity contribution in [2.75, 3.05) is 11.9 Å². The van der Waals surface area contributed by atoms with Gasteiger partial charge in [-0.05, 0) is 65.0 Å². The molecular formula is C29H37NO4S. The Hall–Kier alpha value is -2.31. The van der Waals surface area contributed by atoms with E-state index in [2.05, 4.69) is 38.2 Å². The second-order valence-corrected chi connectivity index (χ2v) is 12.3. The van der Waals surface area contributed by atoms with Gasteiger partial charge in [0.15, 0.2) is 11.0 Å². The number of aryl methyl sites for hydroxylation is 1. The van der Waals surface area contributed by atoms with Gasteiger partial charge in [-0.3, -0.25) is 9.59 Å². The SMILES string of the molecule is CC(C)C1(CCc2ccccc2CO)CC(=O)C(Sc2cc3c(cc2C(C)(C)C)NCC3)C(=O)O1. The first-order chi connectivity index (χ1) is 16.5. The third-order valence-electron chi connectivity index (χ3n) is 7.41. The van der Waals surface area contributed by atoms with Gasteiger partial charge >= 0.3 is 5.97 Å². The highest BCUT2D eigenvalue weighted by atomic mass is 32.2. The zero-order chi connectivity index (χ0) is 25.4. The third kappa shape index (κ3) is 5.29. The molecule has 2 atom stereocenters. The molecule has 0 spiro atoms. The summed E-state index contributed by atoms with van der Waals surface area (Å²) in [5.41, 5.74) is 4.46. The van der Waals surface area contributed by atoms with E-state index in [0.29, 0.717) is 12.8 Å². The highest BCUT2D eigenvalue weighted by molar-refractivity contribution is 8.01. The van der Waals surface area contributed by atoms with Crippen molar-refractivity contribution in [3.8, 4) is 0 Å². The molecule has 1 fully saturated rings. The van der Waals surface area contributed by atoms with Crippen molar-refractivity contribution >= 4 is 29.2 Å². The van der Waals surface area contributed by atoms with Crippen molar-refractivity contribution in [3.63, 3.8) is 0 Å². The van der Waals surface area contributed by atoms with Gasteiger partial charge in [0.2, 0.25) is 0 Å². The second-order valence-electron chi connectivity index (χ2n) is 11.1. The highest BCUT2D eigenvalue weighted by Crippen LogP contribution is 2.44. The Bertz CT molecular complexity index is 1100. The van der Waals surface area contributed by atoms with Crippen LogP contribution >= 0.6 is 11.8 Å². The number of carbonyl (C=O) groups is 2. The molecule has 188 valence electrons. The van der Waals surface area contributed by atoms with Gasteiger partial charge in [-0.25, -0.2) is 0 Å². The Kier molecular flexibility index (Phi) is 7.35. The van der Waals surface area contributed by atoms with Crippen molar-refractivity contribution in [2.24, 2.45) is 5.92 Å². The fourth-order valence-corrected chi connectivity index (χ4v) is 6.43. The molecule has 6 heteroatoms. The molecule has 2 aromatic rings. The van der Waals surface area contributed by atoms with Gasteiger partial charge in [0.05, 0.1) is 6.61 Å². The number of Topliss-reactive ketones (excluding diaryl/α,β-unsaturated/α-hetero) is 1. The fourth-order valence-electron chi connectivity index (χ4n) is 5.11. The summed E-state index contributed by atoms with van der Waals surface area (Å²) in [5, 5.41) is 12.3. The largest absolute Gasteiger partial charge is 0.457 e. The smallest absolute Gasteiger partial charge is 0.327 e. The average Bonchev–Trinajstić information content (AvgIpc) is 3.26. The fraction of sp³-hybridized carbons (Fsp3) is 0.517. The molecule has 4 rings (SSSR count). The lowest BCUT2D eigenvalue weighted by Gasteiger charge is -2.42. The number of hydrogen-bond donors (Lipinski definition) is 2. The van der Waals surface area contributed by atoms with E-state index < -0.39 is 16.8 Å². The zero-order valence-electron chi connectivity index (χ0n) is 21.4. The number of hydrogen-bond acceptors (Lipinski definition) is 6. The number of ketones is 1. The molecule has 2 aliphatic heterocycles. The lowest BCUT2D eigenvalue weighted by Crippen LogP contribution is -2.52. The molecular weight excluding hydrogens is 458 g/mol. The topological polar surface area (TPSA) is 75.6 Å². The number of nitrogens with one attached hydrogen (secondary N) is 1. The van der Waals surface area contributed by atoms with Crippen LogP contribution in [0.25, 0.3) is 0 Å². The van der Waals surface area contributed by atoms with Crippen LogP contribution in [-0.2, 0) is 39.2 Å². The number of aliphatic hydroxyl groups is 1. The molecule has 0 aliphatic carbocycles. The number of anilines is 1. The van der Waals surface area contributed by atoms with Gasteiger partial charge in [0.25, 0.3) is 0 Å². The molecule has 2 aliphatic rings. The number of fused-ring (bicyclic) bond motifs is 1. The van der Waals surface area contributed by atoms with Crippen LogP contribution in [0.1, 0.15) is 69.7 Å². The van der Waals surface area contributed by atoms with Crippen molar-refractivity contribution in [1.29, 1.82) is 0 Å². The molecule has 5 nitrogen and oxygen atoms in total. The number of carbonyl (C=O) groups excluding carboxylic acids is 2. The number of thioether (sulfide) groups is 1. The lowest BCUT2D eigenvalue weighted by atomic mass is 9.78. The van der Waals surface area contributed by atoms with Crippen LogP contribution in [0.2, 0.25) is 0 Å². The summed E-state index contributed by atoms with van der Waals surface area (Å²) in [6.45, 7) is 11.4. The standard InChI is InChI=1S/C29H37NO4S/c1-18(2)29(12-10-19-8-6-7-9-21(19)17-31)16-24(32)26(27(33)34-29)35-25-14-20-11-13-30-23(20)15-22(25)28(3,4)5/h6-9,14-15,18,26,30-31H,10-13,16-17H2,1-5H3. The molecule has 0 amide bonds. The minimum absolute atomic E-state index is 0.00107. The average molecular weight is 496 g/mol. The Morgan fingerprint density at radius 1 is 1.17 bits per heavy atom. The van der Waals surface area contributed by atoms with Gasteiger partial charge in [-0.15, -0.1) is 11.8 Å². The zero-order valence-corrected chi connectivity index (χ0v) is 22.3. The Balaban J connectivity index is 1.56. The Morgan fingerprint density at radius 2 is 1.89 bits per heavy atom. The molecule has 0 radical (unpaired) electrons. The Labute approximate surface area is 213 Å². The summed E-state index contributed by atoms with van der Waals surface area (Å²) in [5.74, 6) is -0.499. The summed E-state index contributed by atoms with van der Waals surface area (Å²) < 4.78 is 6.15. The van der Waals surface area contributed by atoms with E-state index in [1.165, 1.54) is 17.3 Å². The van der Waals surface area contributed by atoms with Gasteiger partial charge < -0.3 is 15.2 Å². The normalized spacial score (nSPS) is 22.2. The number of aliphatic hydroxyl groups excluding tert-OH is 1. The van der Waals surface area contributed by atoms with E-state index in [-0.39, 0.29) is 30.1 Å². The van der Waals surface area contributed by atoms with Gasteiger partial charge in [-0.1, -0.05) is 58.9 Å². The molecule has 0 aromatic heterocycles. The van der Waals surface area contributed by atoms with E-state index in [1.54, 1.807) is 0 Å². The van der Waals surface area contributed by atoms with Crippen molar-refractivity contribution in [3.05, 3.63) is 58.7 Å². The van der Waals surface area contributed by atoms with Crippen LogP contribution in [0.5, 0.6) is 0 Å². The molecule has 35 heavy (non-hydrogen) atoms. The van der Waals surface area contributed by atoms with Gasteiger partial charge in [0.1, 0.15) is 5.60 Å². The van der Waals surface area contributed by atoms with Crippen molar-refractivity contribution < 1.29 is 19.4 Å². The molecule has 2 unspecified atom stereocenters. The summed E-state index contributed by atoms with van der Waals surface area (Å²) in [4.78, 5) is 27.8. The van der Waals surface area contributed by atoms with Crippen LogP contribution in [0.15, 0.2) is 41.3 Å². The van der Waals surface area contributed by atoms with Crippen LogP contribution < -0.4 is 5.32 Å². The molecule has 2 heterocycles. The second kappa shape index (κ2) is 9.98. The minimum Gasteiger partial charge on any atom is -0.457 e. The maximum Gasteiger partial charge on any atom is 0.327 e. The number of esters is 1. The third-order valence-corrected chi connectivity index (χ3v) is 8.69. The van der Waals surface area contributed by atoms with Gasteiger partial charge in [-0.2, -0.15) is 0 Å². The minimum atomic E-state index is -0.847. The van der Waals surface area contributed by atoms with Gasteiger partial charge in [0, 0.05) is 23.5 Å². The summed E-state index contributed by atoms with van der Waals surface area (Å²) in [6, 6.07) is 12.1. The molecule has 1 saturated heterocycles. The van der Waals surface area contributed by atoms with Crippen molar-refractivity contribution in [1.82, 2.24) is 0 Å². The van der Waals surface area contributed by atoms with Crippen LogP contribution in [-0.4, -0.2) is 34.3 Å². The first kappa shape index (κ1) is 25.8. The first-order valence-electron chi connectivity index (χ1n) is 12.6. The maximum absolute atomic E-state index is 13.5. The van der Waals surface area contributed by atoms with E-state index in [1.807, 2.05) is 38.1 Å². The van der Waals surface area contributed by atoms with Crippen LogP contribution in [0.4, 0.5) is 5.69 Å². The van der Waals surface area contributed by atoms with E-state index >= 15 is 0 Å². The monoisotopic (exact) mass is 495 g/mol. The predicted molar refractivity (Wildman–Crippen MR) is 141 cm³/mol. The summed E-state index contributed by atoms with van der Waals surface area (Å²) >= 11 is 1.35. The maximum atomic E-state index is 13.5. The lowest BCUT2D eigenvalue weighted by molar-refractivity contribution is -0.176.